The summed E-state index contributed by atoms with van der Waals surface area (Å²) in [6, 6.07) is 20.8. The Labute approximate surface area is 224 Å². The summed E-state index contributed by atoms with van der Waals surface area (Å²) in [4.78, 5) is 24.1. The minimum atomic E-state index is -0.287. The fourth-order valence-corrected chi connectivity index (χ4v) is 3.75. The van der Waals surface area contributed by atoms with Crippen LogP contribution in [0.5, 0.6) is 0 Å². The van der Waals surface area contributed by atoms with Crippen LogP contribution in [-0.4, -0.2) is 48.3 Å². The van der Waals surface area contributed by atoms with Crippen LogP contribution in [0.1, 0.15) is 18.9 Å². The van der Waals surface area contributed by atoms with Crippen molar-refractivity contribution in [1.82, 2.24) is 29.8 Å². The highest BCUT2D eigenvalue weighted by atomic mass is 16.5. The van der Waals surface area contributed by atoms with Crippen LogP contribution < -0.4 is 16.4 Å². The van der Waals surface area contributed by atoms with Crippen molar-refractivity contribution < 1.29 is 9.53 Å². The number of fused-ring (bicyclic) bond motifs is 1. The zero-order valence-electron chi connectivity index (χ0n) is 21.2. The topological polar surface area (TPSA) is 158 Å². The zero-order chi connectivity index (χ0) is 27.0. The second kappa shape index (κ2) is 11.8. The highest BCUT2D eigenvalue weighted by Crippen LogP contribution is 2.24. The van der Waals surface area contributed by atoms with E-state index in [1.54, 1.807) is 16.8 Å². The number of hydrogen-bond donors (Lipinski definition) is 3. The maximum absolute atomic E-state index is 10.9. The summed E-state index contributed by atoms with van der Waals surface area (Å²) >= 11 is 0. The van der Waals surface area contributed by atoms with Gasteiger partial charge < -0.3 is 21.1 Å². The molecule has 39 heavy (non-hydrogen) atoms. The Hall–Kier alpha value is -5.39. The molecule has 5 aromatic rings. The predicted octanol–water partition coefficient (Wildman–Crippen LogP) is 3.88. The van der Waals surface area contributed by atoms with Gasteiger partial charge in [-0.3, -0.25) is 4.79 Å². The van der Waals surface area contributed by atoms with Crippen molar-refractivity contribution in [3.05, 3.63) is 84.7 Å². The highest BCUT2D eigenvalue weighted by molar-refractivity contribution is 5.97. The first-order valence-electron chi connectivity index (χ1n) is 12.2. The molecule has 0 atom stereocenters. The van der Waals surface area contributed by atoms with E-state index in [2.05, 4.69) is 40.9 Å². The molecular formula is C27H26N10O2. The number of aryl methyl sites for hydroxylation is 1. The van der Waals surface area contributed by atoms with Crippen LogP contribution in [0, 0.1) is 0 Å². The minimum absolute atomic E-state index is 0.147. The maximum Gasteiger partial charge on any atom is 0.302 e. The first kappa shape index (κ1) is 25.3. The van der Waals surface area contributed by atoms with E-state index in [1.165, 1.54) is 6.92 Å². The average molecular weight is 523 g/mol. The lowest BCUT2D eigenvalue weighted by Crippen LogP contribution is -2.22. The van der Waals surface area contributed by atoms with E-state index in [1.807, 2.05) is 66.9 Å². The number of hydrogen-bond acceptors (Lipinski definition) is 9. The summed E-state index contributed by atoms with van der Waals surface area (Å²) in [6.07, 6.45) is 4.98. The second-order valence-electron chi connectivity index (χ2n) is 8.52. The van der Waals surface area contributed by atoms with Gasteiger partial charge in [-0.1, -0.05) is 42.5 Å². The van der Waals surface area contributed by atoms with E-state index in [0.29, 0.717) is 48.4 Å². The molecule has 0 unspecified atom stereocenters. The molecule has 3 aromatic heterocycles. The smallest absolute Gasteiger partial charge is 0.302 e. The summed E-state index contributed by atoms with van der Waals surface area (Å²) in [5.74, 6) is 1.05. The first-order valence-corrected chi connectivity index (χ1v) is 12.2. The Morgan fingerprint density at radius 2 is 1.82 bits per heavy atom. The van der Waals surface area contributed by atoms with E-state index in [0.717, 1.165) is 16.8 Å². The fourth-order valence-electron chi connectivity index (χ4n) is 3.75. The highest BCUT2D eigenvalue weighted by Gasteiger charge is 2.10. The Morgan fingerprint density at radius 3 is 2.59 bits per heavy atom. The van der Waals surface area contributed by atoms with Crippen LogP contribution in [-0.2, 0) is 16.0 Å². The predicted molar refractivity (Wildman–Crippen MR) is 148 cm³/mol. The van der Waals surface area contributed by atoms with Crippen molar-refractivity contribution in [2.24, 2.45) is 10.7 Å². The number of carbonyl (C=O) groups excluding carboxylic acids is 1. The third-order valence-corrected chi connectivity index (χ3v) is 5.55. The number of ether oxygens (including phenoxy) is 1. The number of nitrogens with one attached hydrogen (secondary N) is 2. The normalized spacial score (nSPS) is 11.4. The Kier molecular flexibility index (Phi) is 7.63. The van der Waals surface area contributed by atoms with Gasteiger partial charge in [0.1, 0.15) is 0 Å². The number of nitrogens with two attached hydrogens (primary N) is 1. The van der Waals surface area contributed by atoms with E-state index in [4.69, 9.17) is 10.5 Å². The summed E-state index contributed by atoms with van der Waals surface area (Å²) < 4.78 is 6.59. The quantitative estimate of drug-likeness (QED) is 0.112. The van der Waals surface area contributed by atoms with Gasteiger partial charge in [0.05, 0.1) is 23.7 Å². The van der Waals surface area contributed by atoms with Gasteiger partial charge in [-0.25, -0.2) is 9.50 Å². The minimum Gasteiger partial charge on any atom is -0.466 e. The van der Waals surface area contributed by atoms with Gasteiger partial charge in [0.2, 0.25) is 5.95 Å². The lowest BCUT2D eigenvalue weighted by Gasteiger charge is -2.11. The summed E-state index contributed by atoms with van der Waals surface area (Å²) in [6.45, 7) is 1.76. The molecule has 4 N–H and O–H groups in total. The van der Waals surface area contributed by atoms with Gasteiger partial charge in [0.25, 0.3) is 5.78 Å². The number of anilines is 3. The Balaban J connectivity index is 1.25. The molecule has 196 valence electrons. The van der Waals surface area contributed by atoms with E-state index >= 15 is 0 Å². The molecule has 0 saturated heterocycles. The molecule has 0 spiro atoms. The molecule has 2 aromatic carbocycles. The van der Waals surface area contributed by atoms with Crippen molar-refractivity contribution in [2.75, 3.05) is 17.2 Å². The van der Waals surface area contributed by atoms with Gasteiger partial charge in [0.15, 0.2) is 11.8 Å². The van der Waals surface area contributed by atoms with Crippen molar-refractivity contribution >= 4 is 40.8 Å². The van der Waals surface area contributed by atoms with Crippen molar-refractivity contribution in [3.8, 4) is 11.3 Å². The van der Waals surface area contributed by atoms with Gasteiger partial charge in [-0.2, -0.15) is 9.98 Å². The second-order valence-corrected chi connectivity index (χ2v) is 8.52. The average Bonchev–Trinajstić information content (AvgIpc) is 3.34. The number of esters is 1. The number of nitrogens with zero attached hydrogens (tertiary/aromatic N) is 7. The van der Waals surface area contributed by atoms with Gasteiger partial charge in [-0.05, 0) is 42.7 Å². The molecule has 0 aliphatic heterocycles. The van der Waals surface area contributed by atoms with Crippen LogP contribution >= 0.6 is 0 Å². The van der Waals surface area contributed by atoms with Gasteiger partial charge in [-0.15, -0.1) is 15.3 Å². The number of aromatic nitrogens is 6. The van der Waals surface area contributed by atoms with E-state index in [9.17, 15) is 4.79 Å². The van der Waals surface area contributed by atoms with E-state index in [-0.39, 0.29) is 11.9 Å². The van der Waals surface area contributed by atoms with Crippen LogP contribution in [0.3, 0.4) is 0 Å². The Bertz CT molecular complexity index is 1600. The van der Waals surface area contributed by atoms with Crippen molar-refractivity contribution in [3.63, 3.8) is 0 Å². The van der Waals surface area contributed by atoms with E-state index < -0.39 is 0 Å². The van der Waals surface area contributed by atoms with Gasteiger partial charge in [0, 0.05) is 24.9 Å². The van der Waals surface area contributed by atoms with Gasteiger partial charge >= 0.3 is 5.97 Å². The largest absolute Gasteiger partial charge is 0.466 e. The third-order valence-electron chi connectivity index (χ3n) is 5.55. The number of aliphatic imine (C=N–C) groups is 1. The molecule has 0 bridgehead atoms. The molecule has 0 aliphatic carbocycles. The molecule has 3 heterocycles. The van der Waals surface area contributed by atoms with Crippen LogP contribution in [0.2, 0.25) is 0 Å². The number of para-hydroxylation sites is 2. The monoisotopic (exact) mass is 522 g/mol. The Morgan fingerprint density at radius 1 is 1.03 bits per heavy atom. The molecule has 0 saturated carbocycles. The maximum atomic E-state index is 10.9. The van der Waals surface area contributed by atoms with Crippen LogP contribution in [0.25, 0.3) is 17.0 Å². The number of guanidine groups is 1. The number of rotatable bonds is 9. The molecule has 0 amide bonds. The molecule has 5 rings (SSSR count). The molecule has 0 fully saturated rings. The molecular weight excluding hydrogens is 496 g/mol. The fraction of sp³-hybridized carbons (Fsp3) is 0.148. The lowest BCUT2D eigenvalue weighted by atomic mass is 10.1. The summed E-state index contributed by atoms with van der Waals surface area (Å²) in [5, 5.41) is 19.2. The summed E-state index contributed by atoms with van der Waals surface area (Å²) in [5.41, 5.74) is 10.2. The zero-order valence-corrected chi connectivity index (χ0v) is 21.2. The van der Waals surface area contributed by atoms with Crippen molar-refractivity contribution in [2.45, 2.75) is 19.8 Å². The van der Waals surface area contributed by atoms with Crippen LogP contribution in [0.4, 0.5) is 23.1 Å². The lowest BCUT2D eigenvalue weighted by molar-refractivity contribution is -0.141. The molecule has 12 nitrogen and oxygen atoms in total. The number of carbonyl (C=O) groups is 1. The first-order chi connectivity index (χ1) is 19.0. The standard InChI is InChI=1S/C27H26N10O2/c1-18(38)39-15-7-8-19-16-29-27-33-26(36-37(27)17-19)31-23-12-6-5-11-22(23)30-25(28)32-24-14-13-21(34-35-24)20-9-3-2-4-10-20/h2-6,9-14,16-17H,7-8,15H2,1H3,(H,31,36)(H3,28,30,32,35). The SMILES string of the molecule is CC(=O)OCCCc1cnc2nc(Nc3ccccc3NC(N)=Nc3ccc(-c4ccccc4)nn3)nn2c1. The molecule has 12 heteroatoms. The molecule has 0 radical (unpaired) electrons. The molecule has 0 aliphatic rings. The summed E-state index contributed by atoms with van der Waals surface area (Å²) in [7, 11) is 0. The van der Waals surface area contributed by atoms with Crippen LogP contribution in [0.15, 0.2) is 84.1 Å². The third kappa shape index (κ3) is 6.68. The number of benzene rings is 2. The van der Waals surface area contributed by atoms with Crippen molar-refractivity contribution in [1.29, 1.82) is 0 Å².